The summed E-state index contributed by atoms with van der Waals surface area (Å²) in [6, 6.07) is 11.5. The Morgan fingerprint density at radius 3 is 2.57 bits per heavy atom. The summed E-state index contributed by atoms with van der Waals surface area (Å²) in [5.41, 5.74) is 1.77. The lowest BCUT2D eigenvalue weighted by molar-refractivity contribution is -0.136. The molecule has 0 radical (unpaired) electrons. The Morgan fingerprint density at radius 2 is 1.82 bits per heavy atom. The van der Waals surface area contributed by atoms with Crippen LogP contribution in [0.3, 0.4) is 0 Å². The van der Waals surface area contributed by atoms with Gasteiger partial charge in [0.25, 0.3) is 5.56 Å². The van der Waals surface area contributed by atoms with Crippen LogP contribution in [0, 0.1) is 5.92 Å². The SMILES string of the molecule is O=C([C@@H]1CCCN(c2cnn(Cc3ccccc3)c(=O)c2)C1)N1CCCCC1. The molecule has 2 saturated heterocycles. The second-order valence-electron chi connectivity index (χ2n) is 7.87. The molecule has 0 saturated carbocycles. The molecular formula is C22H28N4O2. The standard InChI is InChI=1S/C22H28N4O2/c27-21-14-20(15-23-26(21)16-18-8-3-1-4-9-18)25-13-7-10-19(17-25)22(28)24-11-5-2-6-12-24/h1,3-4,8-9,14-15,19H,2,5-7,10-13,16-17H2/t19-/m1/s1. The first kappa shape index (κ1) is 18.7. The van der Waals surface area contributed by atoms with Crippen molar-refractivity contribution >= 4 is 11.6 Å². The zero-order chi connectivity index (χ0) is 19.3. The number of aromatic nitrogens is 2. The number of rotatable bonds is 4. The Morgan fingerprint density at radius 1 is 1.04 bits per heavy atom. The van der Waals surface area contributed by atoms with Gasteiger partial charge in [-0.25, -0.2) is 4.68 Å². The first-order chi connectivity index (χ1) is 13.7. The quantitative estimate of drug-likeness (QED) is 0.818. The van der Waals surface area contributed by atoms with Crippen molar-refractivity contribution in [2.75, 3.05) is 31.1 Å². The molecule has 1 atom stereocenters. The number of nitrogens with zero attached hydrogens (tertiary/aromatic N) is 4. The highest BCUT2D eigenvalue weighted by Gasteiger charge is 2.30. The topological polar surface area (TPSA) is 58.4 Å². The Labute approximate surface area is 165 Å². The van der Waals surface area contributed by atoms with Crippen LogP contribution in [-0.4, -0.2) is 46.8 Å². The molecule has 0 aliphatic carbocycles. The highest BCUT2D eigenvalue weighted by atomic mass is 16.2. The van der Waals surface area contributed by atoms with Gasteiger partial charge in [-0.1, -0.05) is 30.3 Å². The van der Waals surface area contributed by atoms with E-state index in [1.165, 1.54) is 11.1 Å². The lowest BCUT2D eigenvalue weighted by Crippen LogP contribution is -2.46. The first-order valence-corrected chi connectivity index (χ1v) is 10.4. The molecule has 0 unspecified atom stereocenters. The summed E-state index contributed by atoms with van der Waals surface area (Å²) in [4.78, 5) is 29.6. The molecule has 4 rings (SSSR count). The van der Waals surface area contributed by atoms with E-state index in [2.05, 4.69) is 10.00 Å². The molecule has 2 fully saturated rings. The third kappa shape index (κ3) is 4.26. The summed E-state index contributed by atoms with van der Waals surface area (Å²) < 4.78 is 1.49. The number of likely N-dealkylation sites (tertiary alicyclic amines) is 1. The number of anilines is 1. The Kier molecular flexibility index (Phi) is 5.74. The van der Waals surface area contributed by atoms with Crippen molar-refractivity contribution in [1.29, 1.82) is 0 Å². The molecule has 2 aliphatic rings. The number of carbonyl (C=O) groups excluding carboxylic acids is 1. The van der Waals surface area contributed by atoms with Gasteiger partial charge in [-0.05, 0) is 37.7 Å². The fourth-order valence-electron chi connectivity index (χ4n) is 4.26. The molecular weight excluding hydrogens is 352 g/mol. The minimum absolute atomic E-state index is 0.0265. The monoisotopic (exact) mass is 380 g/mol. The van der Waals surface area contributed by atoms with Gasteiger partial charge in [-0.2, -0.15) is 5.10 Å². The van der Waals surface area contributed by atoms with Crippen LogP contribution in [0.25, 0.3) is 0 Å². The van der Waals surface area contributed by atoms with E-state index in [0.29, 0.717) is 13.1 Å². The number of amides is 1. The van der Waals surface area contributed by atoms with Crippen molar-refractivity contribution in [1.82, 2.24) is 14.7 Å². The highest BCUT2D eigenvalue weighted by Crippen LogP contribution is 2.24. The maximum atomic E-state index is 12.9. The van der Waals surface area contributed by atoms with Crippen molar-refractivity contribution in [2.24, 2.45) is 5.92 Å². The molecule has 6 nitrogen and oxygen atoms in total. The van der Waals surface area contributed by atoms with Gasteiger partial charge in [0.2, 0.25) is 5.91 Å². The van der Waals surface area contributed by atoms with E-state index in [9.17, 15) is 9.59 Å². The van der Waals surface area contributed by atoms with E-state index in [1.54, 1.807) is 12.3 Å². The predicted octanol–water partition coefficient (Wildman–Crippen LogP) is 2.52. The maximum absolute atomic E-state index is 12.9. The third-order valence-electron chi connectivity index (χ3n) is 5.83. The summed E-state index contributed by atoms with van der Waals surface area (Å²) in [6.45, 7) is 3.81. The molecule has 1 aromatic carbocycles. The molecule has 0 N–H and O–H groups in total. The van der Waals surface area contributed by atoms with E-state index < -0.39 is 0 Å². The van der Waals surface area contributed by atoms with Crippen LogP contribution >= 0.6 is 0 Å². The molecule has 2 aromatic rings. The lowest BCUT2D eigenvalue weighted by Gasteiger charge is -2.37. The van der Waals surface area contributed by atoms with Crippen LogP contribution in [0.1, 0.15) is 37.7 Å². The second-order valence-corrected chi connectivity index (χ2v) is 7.87. The molecule has 0 spiro atoms. The van der Waals surface area contributed by atoms with Crippen LogP contribution in [0.4, 0.5) is 5.69 Å². The van der Waals surface area contributed by atoms with Crippen molar-refractivity contribution in [3.63, 3.8) is 0 Å². The Hall–Kier alpha value is -2.63. The minimum atomic E-state index is -0.106. The van der Waals surface area contributed by atoms with Crippen molar-refractivity contribution < 1.29 is 4.79 Å². The van der Waals surface area contributed by atoms with Crippen LogP contribution in [0.5, 0.6) is 0 Å². The summed E-state index contributed by atoms with van der Waals surface area (Å²) >= 11 is 0. The number of hydrogen-bond acceptors (Lipinski definition) is 4. The Bertz CT molecular complexity index is 858. The smallest absolute Gasteiger partial charge is 0.269 e. The van der Waals surface area contributed by atoms with Gasteiger partial charge in [-0.15, -0.1) is 0 Å². The van der Waals surface area contributed by atoms with Gasteiger partial charge in [0.05, 0.1) is 24.3 Å². The van der Waals surface area contributed by atoms with Gasteiger partial charge in [-0.3, -0.25) is 9.59 Å². The normalized spacial score (nSPS) is 20.2. The number of benzene rings is 1. The Balaban J connectivity index is 1.44. The van der Waals surface area contributed by atoms with Crippen LogP contribution in [0.2, 0.25) is 0 Å². The summed E-state index contributed by atoms with van der Waals surface area (Å²) in [5.74, 6) is 0.313. The molecule has 148 valence electrons. The lowest BCUT2D eigenvalue weighted by atomic mass is 9.95. The average molecular weight is 380 g/mol. The fourth-order valence-corrected chi connectivity index (χ4v) is 4.26. The molecule has 3 heterocycles. The number of hydrogen-bond donors (Lipinski definition) is 0. The third-order valence-corrected chi connectivity index (χ3v) is 5.83. The molecule has 1 aromatic heterocycles. The highest BCUT2D eigenvalue weighted by molar-refractivity contribution is 5.80. The summed E-state index contributed by atoms with van der Waals surface area (Å²) in [6.07, 6.45) is 7.13. The average Bonchev–Trinajstić information content (AvgIpc) is 2.76. The van der Waals surface area contributed by atoms with Gasteiger partial charge >= 0.3 is 0 Å². The predicted molar refractivity (Wildman–Crippen MR) is 109 cm³/mol. The van der Waals surface area contributed by atoms with Gasteiger partial charge in [0.15, 0.2) is 0 Å². The van der Waals surface area contributed by atoms with E-state index in [4.69, 9.17) is 0 Å². The summed E-state index contributed by atoms with van der Waals surface area (Å²) in [5, 5.41) is 4.38. The fraction of sp³-hybridized carbons (Fsp3) is 0.500. The van der Waals surface area contributed by atoms with Crippen LogP contribution in [0.15, 0.2) is 47.4 Å². The second kappa shape index (κ2) is 8.59. The van der Waals surface area contributed by atoms with Gasteiger partial charge in [0, 0.05) is 32.2 Å². The van der Waals surface area contributed by atoms with Crippen molar-refractivity contribution in [3.8, 4) is 0 Å². The minimum Gasteiger partial charge on any atom is -0.369 e. The van der Waals surface area contributed by atoms with E-state index in [0.717, 1.165) is 56.6 Å². The molecule has 2 aliphatic heterocycles. The zero-order valence-electron chi connectivity index (χ0n) is 16.3. The van der Waals surface area contributed by atoms with E-state index in [-0.39, 0.29) is 17.4 Å². The zero-order valence-corrected chi connectivity index (χ0v) is 16.3. The van der Waals surface area contributed by atoms with Crippen LogP contribution < -0.4 is 10.5 Å². The van der Waals surface area contributed by atoms with Crippen LogP contribution in [-0.2, 0) is 11.3 Å². The van der Waals surface area contributed by atoms with Gasteiger partial charge in [0.1, 0.15) is 0 Å². The van der Waals surface area contributed by atoms with Crippen molar-refractivity contribution in [2.45, 2.75) is 38.6 Å². The molecule has 28 heavy (non-hydrogen) atoms. The molecule has 0 bridgehead atoms. The van der Waals surface area contributed by atoms with E-state index >= 15 is 0 Å². The van der Waals surface area contributed by atoms with Crippen molar-refractivity contribution in [3.05, 3.63) is 58.5 Å². The maximum Gasteiger partial charge on any atom is 0.269 e. The molecule has 6 heteroatoms. The largest absolute Gasteiger partial charge is 0.369 e. The number of piperidine rings is 2. The molecule has 1 amide bonds. The van der Waals surface area contributed by atoms with Gasteiger partial charge < -0.3 is 9.80 Å². The van der Waals surface area contributed by atoms with E-state index in [1.807, 2.05) is 35.2 Å². The number of carbonyl (C=O) groups is 1. The summed E-state index contributed by atoms with van der Waals surface area (Å²) in [7, 11) is 0. The first-order valence-electron chi connectivity index (χ1n) is 10.4.